The Morgan fingerprint density at radius 2 is 1.82 bits per heavy atom. The molecule has 1 heterocycles. The molecule has 94 valence electrons. The van der Waals surface area contributed by atoms with Crippen molar-refractivity contribution < 1.29 is 13.5 Å². The van der Waals surface area contributed by atoms with Crippen LogP contribution >= 0.6 is 0 Å². The first kappa shape index (κ1) is 12.1. The summed E-state index contributed by atoms with van der Waals surface area (Å²) in [7, 11) is 0. The van der Waals surface area contributed by atoms with Crippen LogP contribution < -0.4 is 10.6 Å². The molecule has 2 atom stereocenters. The molecule has 0 saturated carbocycles. The fraction of sp³-hybridized carbons (Fsp3) is 0.500. The van der Waals surface area contributed by atoms with Crippen LogP contribution in [-0.2, 0) is 4.74 Å². The van der Waals surface area contributed by atoms with Crippen molar-refractivity contribution in [1.29, 1.82) is 0 Å². The highest BCUT2D eigenvalue weighted by molar-refractivity contribution is 5.68. The Hall–Kier alpha value is -1.36. The maximum absolute atomic E-state index is 13.4. The van der Waals surface area contributed by atoms with Gasteiger partial charge in [0.2, 0.25) is 0 Å². The molecule has 1 aromatic carbocycles. The van der Waals surface area contributed by atoms with Crippen molar-refractivity contribution in [3.05, 3.63) is 23.8 Å². The average molecular weight is 242 g/mol. The molecule has 5 heteroatoms. The summed E-state index contributed by atoms with van der Waals surface area (Å²) in [5.74, 6) is -1.33. The van der Waals surface area contributed by atoms with E-state index in [2.05, 4.69) is 0 Å². The molecule has 0 bridgehead atoms. The van der Waals surface area contributed by atoms with E-state index < -0.39 is 11.6 Å². The highest BCUT2D eigenvalue weighted by Crippen LogP contribution is 2.29. The molecule has 1 fully saturated rings. The van der Waals surface area contributed by atoms with Crippen LogP contribution in [-0.4, -0.2) is 25.3 Å². The van der Waals surface area contributed by atoms with Crippen molar-refractivity contribution in [3.8, 4) is 0 Å². The SMILES string of the molecule is CC1CN(c2cc(F)cc(F)c2N)CC(C)O1. The topological polar surface area (TPSA) is 38.5 Å². The lowest BCUT2D eigenvalue weighted by molar-refractivity contribution is -0.00520. The Bertz CT molecular complexity index is 415. The highest BCUT2D eigenvalue weighted by Gasteiger charge is 2.24. The van der Waals surface area contributed by atoms with Crippen molar-refractivity contribution in [1.82, 2.24) is 0 Å². The smallest absolute Gasteiger partial charge is 0.151 e. The number of hydrogen-bond acceptors (Lipinski definition) is 3. The monoisotopic (exact) mass is 242 g/mol. The summed E-state index contributed by atoms with van der Waals surface area (Å²) >= 11 is 0. The fourth-order valence-corrected chi connectivity index (χ4v) is 2.21. The molecular formula is C12H16F2N2O. The molecular weight excluding hydrogens is 226 g/mol. The van der Waals surface area contributed by atoms with E-state index >= 15 is 0 Å². The third-order valence-electron chi connectivity index (χ3n) is 2.83. The van der Waals surface area contributed by atoms with E-state index in [4.69, 9.17) is 10.5 Å². The molecule has 3 nitrogen and oxygen atoms in total. The Balaban J connectivity index is 2.33. The van der Waals surface area contributed by atoms with Crippen LogP contribution in [0.4, 0.5) is 20.2 Å². The average Bonchev–Trinajstić information content (AvgIpc) is 2.22. The fourth-order valence-electron chi connectivity index (χ4n) is 2.21. The second kappa shape index (κ2) is 4.49. The summed E-state index contributed by atoms with van der Waals surface area (Å²) in [5.41, 5.74) is 6.05. The van der Waals surface area contributed by atoms with Gasteiger partial charge in [0.25, 0.3) is 0 Å². The van der Waals surface area contributed by atoms with E-state index in [0.29, 0.717) is 18.8 Å². The van der Waals surface area contributed by atoms with Crippen LogP contribution in [0.2, 0.25) is 0 Å². The number of anilines is 2. The molecule has 17 heavy (non-hydrogen) atoms. The number of nitrogen functional groups attached to an aromatic ring is 1. The number of hydrogen-bond donors (Lipinski definition) is 1. The molecule has 2 rings (SSSR count). The number of halogens is 2. The second-order valence-electron chi connectivity index (χ2n) is 4.48. The Labute approximate surface area is 99.2 Å². The van der Waals surface area contributed by atoms with E-state index in [-0.39, 0.29) is 17.9 Å². The summed E-state index contributed by atoms with van der Waals surface area (Å²) in [4.78, 5) is 1.86. The quantitative estimate of drug-likeness (QED) is 0.767. The Morgan fingerprint density at radius 1 is 1.24 bits per heavy atom. The van der Waals surface area contributed by atoms with Gasteiger partial charge in [-0.2, -0.15) is 0 Å². The molecule has 1 aliphatic heterocycles. The van der Waals surface area contributed by atoms with Crippen molar-refractivity contribution in [2.45, 2.75) is 26.1 Å². The molecule has 2 unspecified atom stereocenters. The van der Waals surface area contributed by atoms with E-state index in [1.54, 1.807) is 0 Å². The summed E-state index contributed by atoms with van der Waals surface area (Å²) < 4.78 is 32.1. The summed E-state index contributed by atoms with van der Waals surface area (Å²) in [6, 6.07) is 2.06. The molecule has 0 radical (unpaired) electrons. The van der Waals surface area contributed by atoms with Crippen molar-refractivity contribution in [2.75, 3.05) is 23.7 Å². The summed E-state index contributed by atoms with van der Waals surface area (Å²) in [6.45, 7) is 5.01. The van der Waals surface area contributed by atoms with Gasteiger partial charge < -0.3 is 15.4 Å². The van der Waals surface area contributed by atoms with Gasteiger partial charge in [-0.1, -0.05) is 0 Å². The predicted molar refractivity (Wildman–Crippen MR) is 63.0 cm³/mol. The van der Waals surface area contributed by atoms with Crippen LogP contribution in [0.5, 0.6) is 0 Å². The Morgan fingerprint density at radius 3 is 2.41 bits per heavy atom. The number of nitrogens with zero attached hydrogens (tertiary/aromatic N) is 1. The van der Waals surface area contributed by atoms with E-state index in [9.17, 15) is 8.78 Å². The minimum Gasteiger partial charge on any atom is -0.395 e. The second-order valence-corrected chi connectivity index (χ2v) is 4.48. The maximum atomic E-state index is 13.4. The minimum absolute atomic E-state index is 0.00676. The van der Waals surface area contributed by atoms with Gasteiger partial charge in [0.15, 0.2) is 5.82 Å². The normalized spacial score (nSPS) is 25.1. The molecule has 0 aromatic heterocycles. The van der Waals surface area contributed by atoms with Crippen LogP contribution in [0.25, 0.3) is 0 Å². The molecule has 0 spiro atoms. The van der Waals surface area contributed by atoms with Crippen molar-refractivity contribution in [3.63, 3.8) is 0 Å². The third-order valence-corrected chi connectivity index (χ3v) is 2.83. The first-order valence-electron chi connectivity index (χ1n) is 5.62. The van der Waals surface area contributed by atoms with Gasteiger partial charge in [0.05, 0.1) is 23.6 Å². The first-order valence-corrected chi connectivity index (χ1v) is 5.62. The van der Waals surface area contributed by atoms with Crippen molar-refractivity contribution in [2.24, 2.45) is 0 Å². The van der Waals surface area contributed by atoms with Gasteiger partial charge in [-0.25, -0.2) is 8.78 Å². The van der Waals surface area contributed by atoms with Gasteiger partial charge in [-0.3, -0.25) is 0 Å². The predicted octanol–water partition coefficient (Wildman–Crippen LogP) is 2.16. The molecule has 1 aromatic rings. The molecule has 0 amide bonds. The number of nitrogens with two attached hydrogens (primary N) is 1. The largest absolute Gasteiger partial charge is 0.395 e. The molecule has 0 aliphatic carbocycles. The summed E-state index contributed by atoms with van der Waals surface area (Å²) in [6.07, 6.45) is 0.0361. The van der Waals surface area contributed by atoms with Crippen molar-refractivity contribution >= 4 is 11.4 Å². The summed E-state index contributed by atoms with van der Waals surface area (Å²) in [5, 5.41) is 0. The lowest BCUT2D eigenvalue weighted by atomic mass is 10.1. The molecule has 1 saturated heterocycles. The van der Waals surface area contributed by atoms with Gasteiger partial charge >= 0.3 is 0 Å². The van der Waals surface area contributed by atoms with Gasteiger partial charge in [-0.15, -0.1) is 0 Å². The zero-order valence-corrected chi connectivity index (χ0v) is 9.91. The number of rotatable bonds is 1. The van der Waals surface area contributed by atoms with Crippen LogP contribution in [0.15, 0.2) is 12.1 Å². The van der Waals surface area contributed by atoms with E-state index in [1.807, 2.05) is 18.7 Å². The number of benzene rings is 1. The van der Waals surface area contributed by atoms with E-state index in [0.717, 1.165) is 6.07 Å². The standard InChI is InChI=1S/C12H16F2N2O/c1-7-5-16(6-8(2)17-7)11-4-9(13)3-10(14)12(11)15/h3-4,7-8H,5-6,15H2,1-2H3. The number of morpholine rings is 1. The Kier molecular flexibility index (Phi) is 3.19. The maximum Gasteiger partial charge on any atom is 0.151 e. The first-order chi connectivity index (χ1) is 7.97. The lowest BCUT2D eigenvalue weighted by Crippen LogP contribution is -2.45. The zero-order chi connectivity index (χ0) is 12.6. The van der Waals surface area contributed by atoms with Crippen LogP contribution in [0, 0.1) is 11.6 Å². The number of ether oxygens (including phenoxy) is 1. The van der Waals surface area contributed by atoms with E-state index in [1.165, 1.54) is 6.07 Å². The highest BCUT2D eigenvalue weighted by atomic mass is 19.1. The third kappa shape index (κ3) is 2.49. The zero-order valence-electron chi connectivity index (χ0n) is 9.91. The lowest BCUT2D eigenvalue weighted by Gasteiger charge is -2.37. The molecule has 1 aliphatic rings. The van der Waals surface area contributed by atoms with Gasteiger partial charge in [-0.05, 0) is 19.9 Å². The molecule has 2 N–H and O–H groups in total. The van der Waals surface area contributed by atoms with Crippen LogP contribution in [0.3, 0.4) is 0 Å². The van der Waals surface area contributed by atoms with Crippen LogP contribution in [0.1, 0.15) is 13.8 Å². The van der Waals surface area contributed by atoms with Gasteiger partial charge in [0, 0.05) is 19.2 Å². The van der Waals surface area contributed by atoms with Gasteiger partial charge in [0.1, 0.15) is 5.82 Å². The minimum atomic E-state index is -0.716.